The molecule has 3 atom stereocenters. The Hall–Kier alpha value is -3.09. The molecule has 0 spiro atoms. The van der Waals surface area contributed by atoms with Crippen molar-refractivity contribution >= 4 is 22.9 Å². The van der Waals surface area contributed by atoms with Crippen LogP contribution >= 0.6 is 0 Å². The fraction of sp³-hybridized carbons (Fsp3) is 0.500. The molecule has 176 valence electrons. The smallest absolute Gasteiger partial charge is 0.326 e. The largest absolute Gasteiger partial charge is 0.480 e. The predicted octanol–water partition coefficient (Wildman–Crippen LogP) is 5.20. The highest BCUT2D eigenvalue weighted by molar-refractivity contribution is 5.99. The number of benzene rings is 1. The summed E-state index contributed by atoms with van der Waals surface area (Å²) in [7, 11) is 0. The monoisotopic (exact) mass is 451 g/mol. The first-order chi connectivity index (χ1) is 15.8. The van der Waals surface area contributed by atoms with E-state index in [1.807, 2.05) is 32.0 Å². The van der Waals surface area contributed by atoms with E-state index in [0.29, 0.717) is 30.4 Å². The summed E-state index contributed by atoms with van der Waals surface area (Å²) in [5.74, 6) is 1.08. The number of furan rings is 1. The molecule has 0 bridgehead atoms. The number of nitrogens with one attached hydrogen (secondary N) is 1. The number of amides is 1. The lowest BCUT2D eigenvalue weighted by molar-refractivity contribution is -0.139. The Morgan fingerprint density at radius 3 is 2.70 bits per heavy atom. The summed E-state index contributed by atoms with van der Waals surface area (Å²) in [5.41, 5.74) is 2.17. The third kappa shape index (κ3) is 5.13. The SMILES string of the molecule is CC(C)CC(NC(=O)c1ccc2c(c1)nc(Cc1ccco1)n2C1CCCCC1C)C(=O)O. The van der Waals surface area contributed by atoms with Gasteiger partial charge in [-0.05, 0) is 61.4 Å². The molecule has 1 aliphatic rings. The zero-order valence-corrected chi connectivity index (χ0v) is 19.6. The molecular formula is C26H33N3O4. The molecule has 7 heteroatoms. The third-order valence-corrected chi connectivity index (χ3v) is 6.65. The van der Waals surface area contributed by atoms with E-state index in [0.717, 1.165) is 29.0 Å². The van der Waals surface area contributed by atoms with Gasteiger partial charge in [0.05, 0.1) is 23.7 Å². The molecule has 2 heterocycles. The van der Waals surface area contributed by atoms with Crippen LogP contribution in [0.25, 0.3) is 11.0 Å². The second-order valence-corrected chi connectivity index (χ2v) is 9.68. The average Bonchev–Trinajstić information content (AvgIpc) is 3.40. The molecule has 33 heavy (non-hydrogen) atoms. The zero-order valence-electron chi connectivity index (χ0n) is 19.6. The van der Waals surface area contributed by atoms with Gasteiger partial charge in [0, 0.05) is 11.6 Å². The fourth-order valence-electron chi connectivity index (χ4n) is 4.97. The van der Waals surface area contributed by atoms with Crippen molar-refractivity contribution in [2.75, 3.05) is 0 Å². The van der Waals surface area contributed by atoms with Gasteiger partial charge in [0.25, 0.3) is 5.91 Å². The third-order valence-electron chi connectivity index (χ3n) is 6.65. The number of nitrogens with zero attached hydrogens (tertiary/aromatic N) is 2. The van der Waals surface area contributed by atoms with Gasteiger partial charge in [-0.25, -0.2) is 9.78 Å². The first-order valence-corrected chi connectivity index (χ1v) is 11.9. The molecule has 0 radical (unpaired) electrons. The van der Waals surface area contributed by atoms with Crippen LogP contribution in [0.15, 0.2) is 41.0 Å². The highest BCUT2D eigenvalue weighted by Crippen LogP contribution is 2.37. The van der Waals surface area contributed by atoms with Crippen LogP contribution in [0.5, 0.6) is 0 Å². The van der Waals surface area contributed by atoms with Gasteiger partial charge in [-0.2, -0.15) is 0 Å². The highest BCUT2D eigenvalue weighted by atomic mass is 16.4. The van der Waals surface area contributed by atoms with Gasteiger partial charge in [-0.3, -0.25) is 4.79 Å². The number of imidazole rings is 1. The van der Waals surface area contributed by atoms with Gasteiger partial charge in [0.2, 0.25) is 0 Å². The normalized spacial score (nSPS) is 19.6. The number of aromatic nitrogens is 2. The van der Waals surface area contributed by atoms with Crippen molar-refractivity contribution in [3.63, 3.8) is 0 Å². The molecule has 1 fully saturated rings. The Bertz CT molecular complexity index is 1120. The Kier molecular flexibility index (Phi) is 6.86. The lowest BCUT2D eigenvalue weighted by Crippen LogP contribution is -2.41. The topological polar surface area (TPSA) is 97.4 Å². The van der Waals surface area contributed by atoms with Crippen LogP contribution in [0.4, 0.5) is 0 Å². The van der Waals surface area contributed by atoms with Gasteiger partial charge in [0.15, 0.2) is 0 Å². The van der Waals surface area contributed by atoms with Crippen LogP contribution in [0.3, 0.4) is 0 Å². The van der Waals surface area contributed by atoms with Gasteiger partial charge in [-0.1, -0.05) is 33.6 Å². The molecule has 3 unspecified atom stereocenters. The molecule has 1 aromatic carbocycles. The summed E-state index contributed by atoms with van der Waals surface area (Å²) < 4.78 is 7.92. The summed E-state index contributed by atoms with van der Waals surface area (Å²) in [4.78, 5) is 29.4. The molecule has 2 N–H and O–H groups in total. The van der Waals surface area contributed by atoms with Crippen molar-refractivity contribution in [2.24, 2.45) is 11.8 Å². The average molecular weight is 452 g/mol. The first-order valence-electron chi connectivity index (χ1n) is 11.9. The van der Waals surface area contributed by atoms with E-state index < -0.39 is 17.9 Å². The number of rotatable bonds is 8. The van der Waals surface area contributed by atoms with Crippen molar-refractivity contribution in [3.8, 4) is 0 Å². The van der Waals surface area contributed by atoms with Gasteiger partial charge < -0.3 is 19.4 Å². The Labute approximate surface area is 194 Å². The lowest BCUT2D eigenvalue weighted by Gasteiger charge is -2.31. The van der Waals surface area contributed by atoms with E-state index in [9.17, 15) is 14.7 Å². The van der Waals surface area contributed by atoms with Gasteiger partial charge in [0.1, 0.15) is 17.6 Å². The number of aliphatic carboxylic acids is 1. The first kappa shape index (κ1) is 23.1. The molecule has 1 aliphatic carbocycles. The van der Waals surface area contributed by atoms with E-state index in [4.69, 9.17) is 9.40 Å². The number of carboxylic acids is 1. The van der Waals surface area contributed by atoms with Gasteiger partial charge in [-0.15, -0.1) is 0 Å². The number of hydrogen-bond donors (Lipinski definition) is 2. The standard InChI is InChI=1S/C26H33N3O4/c1-16(2)13-21(26(31)32)28-25(30)18-10-11-23-20(14-18)27-24(15-19-8-6-12-33-19)29(23)22-9-5-4-7-17(22)3/h6,8,10-12,14,16-17,21-22H,4-5,7,9,13,15H2,1-3H3,(H,28,30)(H,31,32). The minimum Gasteiger partial charge on any atom is -0.480 e. The van der Waals surface area contributed by atoms with E-state index in [2.05, 4.69) is 16.8 Å². The van der Waals surface area contributed by atoms with Crippen molar-refractivity contribution in [1.29, 1.82) is 0 Å². The summed E-state index contributed by atoms with van der Waals surface area (Å²) >= 11 is 0. The van der Waals surface area contributed by atoms with Crippen LogP contribution in [0.1, 0.15) is 80.9 Å². The van der Waals surface area contributed by atoms with Crippen LogP contribution in [0.2, 0.25) is 0 Å². The minimum atomic E-state index is -1.02. The van der Waals surface area contributed by atoms with Crippen LogP contribution in [-0.4, -0.2) is 32.6 Å². The molecule has 4 rings (SSSR count). The summed E-state index contributed by atoms with van der Waals surface area (Å²) in [6, 6.07) is 8.77. The lowest BCUT2D eigenvalue weighted by atomic mass is 9.85. The number of carbonyl (C=O) groups excluding carboxylic acids is 1. The van der Waals surface area contributed by atoms with Crippen molar-refractivity contribution in [2.45, 2.75) is 71.4 Å². The van der Waals surface area contributed by atoms with Crippen molar-refractivity contribution < 1.29 is 19.1 Å². The van der Waals surface area contributed by atoms with Crippen LogP contribution in [0, 0.1) is 11.8 Å². The van der Waals surface area contributed by atoms with Crippen LogP contribution in [-0.2, 0) is 11.2 Å². The Balaban J connectivity index is 1.68. The van der Waals surface area contributed by atoms with Crippen LogP contribution < -0.4 is 5.32 Å². The molecule has 2 aromatic heterocycles. The molecule has 1 amide bonds. The molecule has 0 aliphatic heterocycles. The maximum atomic E-state index is 12.9. The zero-order chi connectivity index (χ0) is 23.5. The van der Waals surface area contributed by atoms with E-state index in [-0.39, 0.29) is 5.92 Å². The molecule has 1 saturated carbocycles. The predicted molar refractivity (Wildman–Crippen MR) is 126 cm³/mol. The maximum absolute atomic E-state index is 12.9. The molecule has 0 saturated heterocycles. The van der Waals surface area contributed by atoms with Crippen molar-refractivity contribution in [1.82, 2.24) is 14.9 Å². The molecular weight excluding hydrogens is 418 g/mol. The number of hydrogen-bond acceptors (Lipinski definition) is 4. The molecule has 3 aromatic rings. The maximum Gasteiger partial charge on any atom is 0.326 e. The summed E-state index contributed by atoms with van der Waals surface area (Å²) in [6.45, 7) is 6.18. The Morgan fingerprint density at radius 2 is 2.03 bits per heavy atom. The van der Waals surface area contributed by atoms with Gasteiger partial charge >= 0.3 is 5.97 Å². The van der Waals surface area contributed by atoms with E-state index >= 15 is 0 Å². The Morgan fingerprint density at radius 1 is 1.24 bits per heavy atom. The second kappa shape index (κ2) is 9.81. The fourth-order valence-corrected chi connectivity index (χ4v) is 4.97. The van der Waals surface area contributed by atoms with Crippen molar-refractivity contribution in [3.05, 3.63) is 53.7 Å². The summed E-state index contributed by atoms with van der Waals surface area (Å²) in [5, 5.41) is 12.2. The number of fused-ring (bicyclic) bond motifs is 1. The summed E-state index contributed by atoms with van der Waals surface area (Å²) in [6.07, 6.45) is 7.38. The van der Waals surface area contributed by atoms with E-state index in [1.165, 1.54) is 19.3 Å². The quantitative estimate of drug-likeness (QED) is 0.491. The highest BCUT2D eigenvalue weighted by Gasteiger charge is 2.28. The molecule has 7 nitrogen and oxygen atoms in total. The number of carboxylic acid groups (broad SMARTS) is 1. The van der Waals surface area contributed by atoms with E-state index in [1.54, 1.807) is 18.4 Å². The minimum absolute atomic E-state index is 0.159. The number of carbonyl (C=O) groups is 2. The second-order valence-electron chi connectivity index (χ2n) is 9.68.